The van der Waals surface area contributed by atoms with Crippen LogP contribution in [0.5, 0.6) is 5.75 Å². The van der Waals surface area contributed by atoms with E-state index >= 15 is 0 Å². The van der Waals surface area contributed by atoms with E-state index in [2.05, 4.69) is 22.6 Å². The van der Waals surface area contributed by atoms with Crippen LogP contribution < -0.4 is 15.3 Å². The predicted molar refractivity (Wildman–Crippen MR) is 137 cm³/mol. The quantitative estimate of drug-likeness (QED) is 0.173. The van der Waals surface area contributed by atoms with Gasteiger partial charge in [0.1, 0.15) is 17.1 Å². The molecule has 3 aromatic carbocycles. The van der Waals surface area contributed by atoms with E-state index in [1.807, 2.05) is 18.2 Å². The molecular weight excluding hydrogens is 552 g/mol. The Kier molecular flexibility index (Phi) is 6.97. The van der Waals surface area contributed by atoms with Gasteiger partial charge in [-0.3, -0.25) is 4.90 Å². The second-order valence-electron chi connectivity index (χ2n) is 7.49. The molecule has 1 heterocycles. The molecule has 6 nitrogen and oxygen atoms in total. The van der Waals surface area contributed by atoms with Crippen LogP contribution in [0, 0.1) is 9.39 Å². The van der Waals surface area contributed by atoms with E-state index in [0.717, 1.165) is 6.26 Å². The van der Waals surface area contributed by atoms with Gasteiger partial charge in [-0.25, -0.2) is 14.0 Å². The van der Waals surface area contributed by atoms with E-state index in [-0.39, 0.29) is 23.3 Å². The van der Waals surface area contributed by atoms with Crippen molar-refractivity contribution < 1.29 is 23.4 Å². The predicted octanol–water partition coefficient (Wildman–Crippen LogP) is 6.29. The van der Waals surface area contributed by atoms with Gasteiger partial charge >= 0.3 is 11.7 Å². The van der Waals surface area contributed by atoms with Crippen molar-refractivity contribution in [3.05, 3.63) is 109 Å². The van der Waals surface area contributed by atoms with E-state index < -0.39 is 17.5 Å². The molecule has 1 N–H and O–H groups in total. The molecule has 34 heavy (non-hydrogen) atoms. The number of para-hydroxylation sites is 1. The molecule has 4 rings (SSSR count). The highest BCUT2D eigenvalue weighted by molar-refractivity contribution is 14.1. The van der Waals surface area contributed by atoms with Crippen LogP contribution in [0.1, 0.15) is 16.7 Å². The summed E-state index contributed by atoms with van der Waals surface area (Å²) < 4.78 is 25.5. The Morgan fingerprint density at radius 2 is 1.91 bits per heavy atom. The first-order chi connectivity index (χ1) is 16.4. The van der Waals surface area contributed by atoms with Crippen LogP contribution in [0.4, 0.5) is 14.9 Å². The number of fused-ring (bicyclic) bond motifs is 1. The Balaban J connectivity index is 1.61. The van der Waals surface area contributed by atoms with Gasteiger partial charge < -0.3 is 14.3 Å². The Morgan fingerprint density at radius 1 is 1.15 bits per heavy atom. The summed E-state index contributed by atoms with van der Waals surface area (Å²) in [4.78, 5) is 26.6. The smallest absolute Gasteiger partial charge is 0.419 e. The second kappa shape index (κ2) is 10.1. The van der Waals surface area contributed by atoms with E-state index in [4.69, 9.17) is 14.3 Å². The van der Waals surface area contributed by atoms with Crippen LogP contribution in [-0.2, 0) is 6.42 Å². The number of anilines is 1. The van der Waals surface area contributed by atoms with Gasteiger partial charge in [0.2, 0.25) is 0 Å². The van der Waals surface area contributed by atoms with Gasteiger partial charge in [0, 0.05) is 41.7 Å². The minimum absolute atomic E-state index is 0.214. The molecule has 0 aliphatic heterocycles. The molecule has 0 aliphatic rings. The molecule has 0 atom stereocenters. The first-order valence-corrected chi connectivity index (χ1v) is 11.3. The number of hydrogen-bond donors (Lipinski definition) is 1. The maximum absolute atomic E-state index is 13.8. The molecule has 0 aliphatic carbocycles. The third kappa shape index (κ3) is 5.12. The minimum atomic E-state index is -0.577. The third-order valence-corrected chi connectivity index (χ3v) is 6.03. The minimum Gasteiger partial charge on any atom is -0.516 e. The van der Waals surface area contributed by atoms with Crippen LogP contribution in [0.3, 0.4) is 0 Å². The highest BCUT2D eigenvalue weighted by atomic mass is 127. The molecule has 0 saturated heterocycles. The molecular formula is C26H19FINO5. The number of ether oxygens (including phenoxy) is 1. The number of amides is 1. The molecule has 0 saturated carbocycles. The second-order valence-corrected chi connectivity index (χ2v) is 8.65. The molecule has 1 aromatic heterocycles. The summed E-state index contributed by atoms with van der Waals surface area (Å²) in [7, 11) is 1.61. The normalized spacial score (nSPS) is 11.1. The van der Waals surface area contributed by atoms with E-state index in [0.29, 0.717) is 25.8 Å². The summed E-state index contributed by atoms with van der Waals surface area (Å²) in [5.74, 6) is -0.204. The Labute approximate surface area is 208 Å². The standard InChI is InChI=1S/C26H19FINO5/c1-29(20-5-3-2-4-6-20)26(32)34-24-15-23-18(14-22(24)28)13-19(25(31)33-23)12-16-7-8-21(27)17(11-16)9-10-30/h2-11,13-15,30H,12H2,1H3/b10-9-. The van der Waals surface area contributed by atoms with Crippen LogP contribution in [-0.4, -0.2) is 18.2 Å². The fourth-order valence-corrected chi connectivity index (χ4v) is 4.02. The van der Waals surface area contributed by atoms with Crippen LogP contribution in [0.15, 0.2) is 82.2 Å². The van der Waals surface area contributed by atoms with E-state index in [9.17, 15) is 14.0 Å². The van der Waals surface area contributed by atoms with E-state index in [1.165, 1.54) is 23.1 Å². The lowest BCUT2D eigenvalue weighted by Gasteiger charge is -2.17. The maximum atomic E-state index is 13.8. The zero-order chi connectivity index (χ0) is 24.2. The number of aliphatic hydroxyl groups is 1. The molecule has 0 spiro atoms. The topological polar surface area (TPSA) is 80.0 Å². The van der Waals surface area contributed by atoms with Crippen molar-refractivity contribution in [3.8, 4) is 5.75 Å². The summed E-state index contributed by atoms with van der Waals surface area (Å²) in [6.45, 7) is 0. The lowest BCUT2D eigenvalue weighted by atomic mass is 10.0. The van der Waals surface area contributed by atoms with Gasteiger partial charge in [-0.05, 0) is 70.6 Å². The van der Waals surface area contributed by atoms with Crippen molar-refractivity contribution in [2.24, 2.45) is 0 Å². The summed E-state index contributed by atoms with van der Waals surface area (Å²) in [6.07, 6.45) is 1.64. The number of carbonyl (C=O) groups excluding carboxylic acids is 1. The highest BCUT2D eigenvalue weighted by Gasteiger charge is 2.17. The number of nitrogens with zero attached hydrogens (tertiary/aromatic N) is 1. The number of halogens is 2. The van der Waals surface area contributed by atoms with Crippen molar-refractivity contribution in [3.63, 3.8) is 0 Å². The van der Waals surface area contributed by atoms with Gasteiger partial charge in [0.05, 0.1) is 9.83 Å². The van der Waals surface area contributed by atoms with Gasteiger partial charge in [-0.2, -0.15) is 0 Å². The molecule has 0 bridgehead atoms. The molecule has 0 unspecified atom stereocenters. The Hall–Kier alpha value is -3.66. The number of rotatable bonds is 5. The van der Waals surface area contributed by atoms with Gasteiger partial charge in [-0.15, -0.1) is 0 Å². The van der Waals surface area contributed by atoms with Crippen molar-refractivity contribution in [1.29, 1.82) is 0 Å². The monoisotopic (exact) mass is 571 g/mol. The zero-order valence-electron chi connectivity index (χ0n) is 18.0. The number of hydrogen-bond acceptors (Lipinski definition) is 5. The SMILES string of the molecule is CN(C(=O)Oc1cc2oc(=O)c(Cc3ccc(F)c(/C=C\O)c3)cc2cc1I)c1ccccc1. The molecule has 172 valence electrons. The molecule has 8 heteroatoms. The lowest BCUT2D eigenvalue weighted by Crippen LogP contribution is -2.29. The average Bonchev–Trinajstić information content (AvgIpc) is 2.83. The maximum Gasteiger partial charge on any atom is 0.419 e. The van der Waals surface area contributed by atoms with Crippen molar-refractivity contribution in [2.75, 3.05) is 11.9 Å². The zero-order valence-corrected chi connectivity index (χ0v) is 20.2. The fraction of sp³-hybridized carbons (Fsp3) is 0.0769. The Morgan fingerprint density at radius 3 is 2.65 bits per heavy atom. The van der Waals surface area contributed by atoms with Gasteiger partial charge in [-0.1, -0.05) is 24.3 Å². The van der Waals surface area contributed by atoms with Crippen molar-refractivity contribution in [1.82, 2.24) is 0 Å². The molecule has 0 radical (unpaired) electrons. The molecule has 4 aromatic rings. The molecule has 1 amide bonds. The van der Waals surface area contributed by atoms with Crippen LogP contribution >= 0.6 is 22.6 Å². The number of aliphatic hydroxyl groups excluding tert-OH is 1. The van der Waals surface area contributed by atoms with E-state index in [1.54, 1.807) is 43.4 Å². The summed E-state index contributed by atoms with van der Waals surface area (Å²) in [6, 6.07) is 18.5. The van der Waals surface area contributed by atoms with Crippen molar-refractivity contribution in [2.45, 2.75) is 6.42 Å². The molecule has 0 fully saturated rings. The first kappa shape index (κ1) is 23.5. The summed E-state index contributed by atoms with van der Waals surface area (Å²) >= 11 is 2.05. The van der Waals surface area contributed by atoms with Crippen molar-refractivity contribution >= 4 is 51.4 Å². The number of benzene rings is 3. The number of carbonyl (C=O) groups is 1. The van der Waals surface area contributed by atoms with Crippen LogP contribution in [0.25, 0.3) is 17.0 Å². The van der Waals surface area contributed by atoms with Gasteiger partial charge in [0.15, 0.2) is 0 Å². The summed E-state index contributed by atoms with van der Waals surface area (Å²) in [5, 5.41) is 9.59. The Bertz CT molecular complexity index is 1450. The highest BCUT2D eigenvalue weighted by Crippen LogP contribution is 2.29. The third-order valence-electron chi connectivity index (χ3n) is 5.18. The average molecular weight is 571 g/mol. The largest absolute Gasteiger partial charge is 0.516 e. The lowest BCUT2D eigenvalue weighted by molar-refractivity contribution is 0.208. The summed E-state index contributed by atoms with van der Waals surface area (Å²) in [5.41, 5.74) is 1.70. The fourth-order valence-electron chi connectivity index (χ4n) is 3.42. The first-order valence-electron chi connectivity index (χ1n) is 10.2. The van der Waals surface area contributed by atoms with Crippen LogP contribution in [0.2, 0.25) is 0 Å². The van der Waals surface area contributed by atoms with Gasteiger partial charge in [0.25, 0.3) is 0 Å².